The van der Waals surface area contributed by atoms with Crippen molar-refractivity contribution in [1.29, 1.82) is 0 Å². The summed E-state index contributed by atoms with van der Waals surface area (Å²) in [6.07, 6.45) is -0.441. The number of hydrogen-bond donors (Lipinski definition) is 2. The molecule has 0 saturated carbocycles. The first-order chi connectivity index (χ1) is 7.22. The first-order valence-electron chi connectivity index (χ1n) is 4.90. The lowest BCUT2D eigenvalue weighted by molar-refractivity contribution is 0.0551. The molecular weight excluding hydrogens is 212 g/mol. The van der Waals surface area contributed by atoms with Crippen LogP contribution >= 0.6 is 11.8 Å². The van der Waals surface area contributed by atoms with Crippen LogP contribution in [-0.2, 0) is 4.74 Å². The van der Waals surface area contributed by atoms with Crippen molar-refractivity contribution in [3.05, 3.63) is 24.3 Å². The molecule has 0 aliphatic heterocycles. The van der Waals surface area contributed by atoms with Gasteiger partial charge in [-0.15, -0.1) is 11.8 Å². The molecule has 4 heteroatoms. The molecule has 0 spiro atoms. The van der Waals surface area contributed by atoms with Gasteiger partial charge in [0.05, 0.1) is 12.7 Å². The first-order valence-corrected chi connectivity index (χ1v) is 5.88. The number of aliphatic hydroxyl groups excluding tert-OH is 1. The van der Waals surface area contributed by atoms with E-state index >= 15 is 0 Å². The Morgan fingerprint density at radius 1 is 1.33 bits per heavy atom. The highest BCUT2D eigenvalue weighted by molar-refractivity contribution is 7.99. The standard InChI is InChI=1S/C11H16O3S/c1-2-14-7-10(13)8-15-11-5-3-9(12)4-6-11/h3-6,10,12-13H,2,7-8H2,1H3. The van der Waals surface area contributed by atoms with Gasteiger partial charge in [-0.1, -0.05) is 0 Å². The molecule has 0 bridgehead atoms. The van der Waals surface area contributed by atoms with E-state index in [1.54, 1.807) is 23.9 Å². The van der Waals surface area contributed by atoms with Crippen LogP contribution in [0.3, 0.4) is 0 Å². The fourth-order valence-corrected chi connectivity index (χ4v) is 1.85. The van der Waals surface area contributed by atoms with Crippen molar-refractivity contribution >= 4 is 11.8 Å². The molecule has 84 valence electrons. The number of phenolic OH excluding ortho intramolecular Hbond substituents is 1. The number of rotatable bonds is 6. The van der Waals surface area contributed by atoms with Crippen molar-refractivity contribution in [3.8, 4) is 5.75 Å². The van der Waals surface area contributed by atoms with E-state index in [9.17, 15) is 5.11 Å². The van der Waals surface area contributed by atoms with Crippen molar-refractivity contribution in [2.24, 2.45) is 0 Å². The fourth-order valence-electron chi connectivity index (χ4n) is 1.04. The van der Waals surface area contributed by atoms with Crippen LogP contribution in [0, 0.1) is 0 Å². The second kappa shape index (κ2) is 6.71. The lowest BCUT2D eigenvalue weighted by Gasteiger charge is -2.09. The predicted octanol–water partition coefficient (Wildman–Crippen LogP) is 1.88. The average Bonchev–Trinajstić information content (AvgIpc) is 2.25. The third-order valence-corrected chi connectivity index (χ3v) is 2.95. The molecule has 0 aliphatic carbocycles. The smallest absolute Gasteiger partial charge is 0.115 e. The number of thioether (sulfide) groups is 1. The summed E-state index contributed by atoms with van der Waals surface area (Å²) in [7, 11) is 0. The highest BCUT2D eigenvalue weighted by Gasteiger charge is 2.04. The quantitative estimate of drug-likeness (QED) is 0.730. The third-order valence-electron chi connectivity index (χ3n) is 1.79. The molecule has 1 atom stereocenters. The molecule has 1 unspecified atom stereocenters. The Balaban J connectivity index is 2.27. The summed E-state index contributed by atoms with van der Waals surface area (Å²) < 4.78 is 5.10. The minimum absolute atomic E-state index is 0.259. The molecule has 2 N–H and O–H groups in total. The van der Waals surface area contributed by atoms with Gasteiger partial charge in [0.15, 0.2) is 0 Å². The minimum atomic E-state index is -0.441. The highest BCUT2D eigenvalue weighted by Crippen LogP contribution is 2.21. The van der Waals surface area contributed by atoms with Crippen LogP contribution in [0.15, 0.2) is 29.2 Å². The molecule has 0 amide bonds. The van der Waals surface area contributed by atoms with Crippen LogP contribution < -0.4 is 0 Å². The minimum Gasteiger partial charge on any atom is -0.508 e. The Bertz CT molecular complexity index is 274. The predicted molar refractivity (Wildman–Crippen MR) is 61.3 cm³/mol. The van der Waals surface area contributed by atoms with E-state index in [0.29, 0.717) is 19.0 Å². The van der Waals surface area contributed by atoms with Gasteiger partial charge >= 0.3 is 0 Å². The zero-order valence-corrected chi connectivity index (χ0v) is 9.54. The maximum atomic E-state index is 9.50. The number of benzene rings is 1. The molecular formula is C11H16O3S. The van der Waals surface area contributed by atoms with Crippen molar-refractivity contribution in [2.45, 2.75) is 17.9 Å². The Labute approximate surface area is 94.1 Å². The van der Waals surface area contributed by atoms with Crippen LogP contribution in [0.4, 0.5) is 0 Å². The summed E-state index contributed by atoms with van der Waals surface area (Å²) in [5.41, 5.74) is 0. The van der Waals surface area contributed by atoms with Gasteiger partial charge in [0.25, 0.3) is 0 Å². The van der Waals surface area contributed by atoms with E-state index in [4.69, 9.17) is 9.84 Å². The van der Waals surface area contributed by atoms with Gasteiger partial charge in [-0.25, -0.2) is 0 Å². The average molecular weight is 228 g/mol. The van der Waals surface area contributed by atoms with Gasteiger partial charge in [0.2, 0.25) is 0 Å². The van der Waals surface area contributed by atoms with Crippen LogP contribution in [0.25, 0.3) is 0 Å². The molecule has 1 aromatic carbocycles. The largest absolute Gasteiger partial charge is 0.508 e. The molecule has 0 saturated heterocycles. The molecule has 0 heterocycles. The van der Waals surface area contributed by atoms with Gasteiger partial charge in [0, 0.05) is 17.3 Å². The maximum Gasteiger partial charge on any atom is 0.115 e. The number of ether oxygens (including phenoxy) is 1. The topological polar surface area (TPSA) is 49.7 Å². The van der Waals surface area contributed by atoms with Gasteiger partial charge < -0.3 is 14.9 Å². The Hall–Kier alpha value is -0.710. The first kappa shape index (κ1) is 12.4. The monoisotopic (exact) mass is 228 g/mol. The van der Waals surface area contributed by atoms with Gasteiger partial charge in [-0.2, -0.15) is 0 Å². The second-order valence-corrected chi connectivity index (χ2v) is 4.21. The lowest BCUT2D eigenvalue weighted by atomic mass is 10.3. The van der Waals surface area contributed by atoms with E-state index in [2.05, 4.69) is 0 Å². The van der Waals surface area contributed by atoms with E-state index in [0.717, 1.165) is 4.90 Å². The summed E-state index contributed by atoms with van der Waals surface area (Å²) >= 11 is 1.55. The van der Waals surface area contributed by atoms with Crippen LogP contribution in [0.5, 0.6) is 5.75 Å². The van der Waals surface area contributed by atoms with Gasteiger partial charge in [-0.05, 0) is 31.2 Å². The van der Waals surface area contributed by atoms with Gasteiger partial charge in [-0.3, -0.25) is 0 Å². The molecule has 1 rings (SSSR count). The molecule has 15 heavy (non-hydrogen) atoms. The van der Waals surface area contributed by atoms with Crippen LogP contribution in [0.1, 0.15) is 6.92 Å². The normalized spacial score (nSPS) is 12.7. The third kappa shape index (κ3) is 5.06. The molecule has 1 aromatic rings. The summed E-state index contributed by atoms with van der Waals surface area (Å²) in [5.74, 6) is 0.860. The summed E-state index contributed by atoms with van der Waals surface area (Å²) in [6, 6.07) is 6.93. The zero-order valence-electron chi connectivity index (χ0n) is 8.72. The number of phenols is 1. The lowest BCUT2D eigenvalue weighted by Crippen LogP contribution is -2.17. The van der Waals surface area contributed by atoms with Gasteiger partial charge in [0.1, 0.15) is 5.75 Å². The fraction of sp³-hybridized carbons (Fsp3) is 0.455. The number of aromatic hydroxyl groups is 1. The molecule has 3 nitrogen and oxygen atoms in total. The van der Waals surface area contributed by atoms with Crippen molar-refractivity contribution in [3.63, 3.8) is 0 Å². The SMILES string of the molecule is CCOCC(O)CSc1ccc(O)cc1. The Morgan fingerprint density at radius 3 is 2.60 bits per heavy atom. The summed E-state index contributed by atoms with van der Waals surface area (Å²) in [5, 5.41) is 18.6. The number of aliphatic hydroxyl groups is 1. The van der Waals surface area contributed by atoms with Crippen LogP contribution in [0.2, 0.25) is 0 Å². The zero-order chi connectivity index (χ0) is 11.1. The second-order valence-electron chi connectivity index (χ2n) is 3.12. The molecule has 0 aromatic heterocycles. The van der Waals surface area contributed by atoms with Crippen molar-refractivity contribution < 1.29 is 14.9 Å². The molecule has 0 aliphatic rings. The number of hydrogen-bond acceptors (Lipinski definition) is 4. The summed E-state index contributed by atoms with van der Waals surface area (Å²) in [6.45, 7) is 2.91. The van der Waals surface area contributed by atoms with E-state index in [-0.39, 0.29) is 5.75 Å². The van der Waals surface area contributed by atoms with Crippen molar-refractivity contribution in [2.75, 3.05) is 19.0 Å². The Morgan fingerprint density at radius 2 is 2.00 bits per heavy atom. The van der Waals surface area contributed by atoms with E-state index < -0.39 is 6.10 Å². The molecule has 0 fully saturated rings. The van der Waals surface area contributed by atoms with Crippen LogP contribution in [-0.4, -0.2) is 35.3 Å². The van der Waals surface area contributed by atoms with E-state index in [1.807, 2.05) is 19.1 Å². The Kier molecular flexibility index (Phi) is 5.53. The molecule has 0 radical (unpaired) electrons. The maximum absolute atomic E-state index is 9.50. The van der Waals surface area contributed by atoms with E-state index in [1.165, 1.54) is 0 Å². The van der Waals surface area contributed by atoms with Crippen molar-refractivity contribution in [1.82, 2.24) is 0 Å². The highest BCUT2D eigenvalue weighted by atomic mass is 32.2. The summed E-state index contributed by atoms with van der Waals surface area (Å²) in [4.78, 5) is 1.03.